The second-order valence-corrected chi connectivity index (χ2v) is 10.0. The number of nitrogens with zero attached hydrogens (tertiary/aromatic N) is 1. The molecule has 2 fully saturated rings. The van der Waals surface area contributed by atoms with Crippen molar-refractivity contribution in [1.29, 1.82) is 0 Å². The van der Waals surface area contributed by atoms with Gasteiger partial charge in [-0.2, -0.15) is 0 Å². The molecule has 184 valence electrons. The van der Waals surface area contributed by atoms with E-state index in [-0.39, 0.29) is 11.8 Å². The second-order valence-electron chi connectivity index (χ2n) is 9.59. The Labute approximate surface area is 201 Å². The van der Waals surface area contributed by atoms with Crippen LogP contribution in [0.2, 0.25) is 5.02 Å². The van der Waals surface area contributed by atoms with Crippen LogP contribution in [-0.4, -0.2) is 53.2 Å². The molecule has 2 atom stereocenters. The third kappa shape index (κ3) is 9.21. The van der Waals surface area contributed by atoms with Crippen LogP contribution in [0.25, 0.3) is 0 Å². The number of hydrogen-bond donors (Lipinski definition) is 3. The highest BCUT2D eigenvalue weighted by Crippen LogP contribution is 2.38. The van der Waals surface area contributed by atoms with Crippen molar-refractivity contribution in [3.63, 3.8) is 0 Å². The Bertz CT molecular complexity index is 819. The third-order valence-corrected chi connectivity index (χ3v) is 5.89. The molecule has 0 aromatic heterocycles. The first-order valence-electron chi connectivity index (χ1n) is 11.4. The number of ether oxygens (including phenoxy) is 1. The van der Waals surface area contributed by atoms with Gasteiger partial charge in [-0.25, -0.2) is 4.79 Å². The molecule has 3 rings (SSSR count). The van der Waals surface area contributed by atoms with Gasteiger partial charge < -0.3 is 25.4 Å². The van der Waals surface area contributed by atoms with E-state index in [1.807, 2.05) is 13.0 Å². The molecule has 1 aromatic carbocycles. The van der Waals surface area contributed by atoms with Crippen LogP contribution in [0.15, 0.2) is 18.2 Å². The van der Waals surface area contributed by atoms with Crippen LogP contribution in [0.3, 0.4) is 0 Å². The summed E-state index contributed by atoms with van der Waals surface area (Å²) in [5.41, 5.74) is 1.18. The maximum Gasteiger partial charge on any atom is 0.407 e. The predicted octanol–water partition coefficient (Wildman–Crippen LogP) is 3.24. The molecule has 1 heterocycles. The summed E-state index contributed by atoms with van der Waals surface area (Å²) in [6.07, 6.45) is 2.86. The molecule has 0 spiro atoms. The van der Waals surface area contributed by atoms with E-state index in [2.05, 4.69) is 10.6 Å². The number of alkyl carbamates (subject to hydrolysis) is 1. The largest absolute Gasteiger partial charge is 0.444 e. The summed E-state index contributed by atoms with van der Waals surface area (Å²) in [6.45, 7) is 9.73. The highest BCUT2D eigenvalue weighted by atomic mass is 35.5. The summed E-state index contributed by atoms with van der Waals surface area (Å²) in [6, 6.07) is 5.30. The maximum absolute atomic E-state index is 11.6. The van der Waals surface area contributed by atoms with E-state index in [1.54, 1.807) is 37.8 Å². The van der Waals surface area contributed by atoms with Crippen LogP contribution in [0.4, 0.5) is 4.79 Å². The van der Waals surface area contributed by atoms with E-state index in [0.717, 1.165) is 30.6 Å². The van der Waals surface area contributed by atoms with Crippen LogP contribution < -0.4 is 10.6 Å². The number of benzene rings is 1. The molecule has 2 aliphatic rings. The highest BCUT2D eigenvalue weighted by Gasteiger charge is 2.38. The van der Waals surface area contributed by atoms with Gasteiger partial charge in [0.05, 0.1) is 0 Å². The average Bonchev–Trinajstić information content (AvgIpc) is 3.53. The molecule has 3 N–H and O–H groups in total. The van der Waals surface area contributed by atoms with Gasteiger partial charge in [-0.15, -0.1) is 0 Å². The van der Waals surface area contributed by atoms with E-state index < -0.39 is 17.8 Å². The van der Waals surface area contributed by atoms with Gasteiger partial charge in [-0.05, 0) is 75.1 Å². The van der Waals surface area contributed by atoms with E-state index in [4.69, 9.17) is 16.3 Å². The van der Waals surface area contributed by atoms with Crippen molar-refractivity contribution in [3.05, 3.63) is 34.3 Å². The fourth-order valence-corrected chi connectivity index (χ4v) is 3.59. The Morgan fingerprint density at radius 2 is 1.91 bits per heavy atom. The fourth-order valence-electron chi connectivity index (χ4n) is 3.39. The van der Waals surface area contributed by atoms with Gasteiger partial charge in [0.1, 0.15) is 11.7 Å². The normalized spacial score (nSPS) is 17.0. The predicted molar refractivity (Wildman–Crippen MR) is 127 cm³/mol. The number of aliphatic hydroxyl groups excluding tert-OH is 1. The minimum atomic E-state index is -0.743. The van der Waals surface area contributed by atoms with E-state index in [0.29, 0.717) is 30.4 Å². The lowest BCUT2D eigenvalue weighted by Gasteiger charge is -2.34. The summed E-state index contributed by atoms with van der Waals surface area (Å²) >= 11 is 5.92. The summed E-state index contributed by atoms with van der Waals surface area (Å²) < 4.78 is 5.16. The highest BCUT2D eigenvalue weighted by molar-refractivity contribution is 6.30. The van der Waals surface area contributed by atoms with Crippen LogP contribution in [0, 0.1) is 11.8 Å². The number of halogens is 1. The first-order chi connectivity index (χ1) is 15.5. The molecule has 0 bridgehead atoms. The van der Waals surface area contributed by atoms with Gasteiger partial charge in [0, 0.05) is 31.2 Å². The van der Waals surface area contributed by atoms with Gasteiger partial charge >= 0.3 is 6.09 Å². The van der Waals surface area contributed by atoms with Crippen molar-refractivity contribution in [2.75, 3.05) is 13.1 Å². The molecule has 9 heteroatoms. The summed E-state index contributed by atoms with van der Waals surface area (Å²) in [4.78, 5) is 35.3. The number of amides is 3. The zero-order chi connectivity index (χ0) is 24.6. The maximum atomic E-state index is 11.6. The monoisotopic (exact) mass is 481 g/mol. The Morgan fingerprint density at radius 1 is 1.24 bits per heavy atom. The number of carbonyl (C=O) groups excluding carboxylic acids is 3. The van der Waals surface area contributed by atoms with Crippen molar-refractivity contribution in [2.45, 2.75) is 71.8 Å². The molecule has 1 aromatic rings. The number of aliphatic hydroxyl groups is 1. The molecule has 0 radical (unpaired) electrons. The molecule has 1 aliphatic carbocycles. The number of carbonyl (C=O) groups is 3. The van der Waals surface area contributed by atoms with Crippen LogP contribution in [-0.2, 0) is 27.4 Å². The number of rotatable bonds is 8. The van der Waals surface area contributed by atoms with Crippen molar-refractivity contribution < 1.29 is 24.2 Å². The van der Waals surface area contributed by atoms with E-state index >= 15 is 0 Å². The third-order valence-electron chi connectivity index (χ3n) is 5.65. The van der Waals surface area contributed by atoms with Crippen LogP contribution in [0.1, 0.15) is 58.1 Å². The lowest BCUT2D eigenvalue weighted by Crippen LogP contribution is -2.49. The van der Waals surface area contributed by atoms with Gasteiger partial charge in [0.15, 0.2) is 0 Å². The zero-order valence-corrected chi connectivity index (χ0v) is 20.7. The molecular formula is C24H36ClN3O5. The van der Waals surface area contributed by atoms with Gasteiger partial charge in [0.2, 0.25) is 6.41 Å². The minimum Gasteiger partial charge on any atom is -0.444 e. The average molecular weight is 482 g/mol. The number of hydrogen-bond acceptors (Lipinski definition) is 5. The molecule has 0 unspecified atom stereocenters. The smallest absolute Gasteiger partial charge is 0.407 e. The SMILES string of the molecule is CC(C)(C)OC(=O)NCc1ccc(Cl)cc1CNC=O.C[C@@H](C1CC1)[C@@H](O)C(=O)N1CCC1. The van der Waals surface area contributed by atoms with Gasteiger partial charge in [-0.1, -0.05) is 24.6 Å². The summed E-state index contributed by atoms with van der Waals surface area (Å²) in [7, 11) is 0. The summed E-state index contributed by atoms with van der Waals surface area (Å²) in [5, 5.41) is 15.6. The topological polar surface area (TPSA) is 108 Å². The Hall–Kier alpha value is -2.32. The van der Waals surface area contributed by atoms with Crippen molar-refractivity contribution in [3.8, 4) is 0 Å². The van der Waals surface area contributed by atoms with Crippen molar-refractivity contribution in [1.82, 2.24) is 15.5 Å². The molecule has 33 heavy (non-hydrogen) atoms. The quantitative estimate of drug-likeness (QED) is 0.494. The van der Waals surface area contributed by atoms with E-state index in [1.165, 1.54) is 12.8 Å². The standard InChI is InChI=1S/C14H19ClN2O3.C10H17NO2/c1-14(2,3)20-13(19)17-8-10-4-5-12(15)6-11(10)7-16-9-18;1-7(8-3-4-8)9(12)10(13)11-5-2-6-11/h4-6,9H,7-8H2,1-3H3,(H,16,18)(H,17,19);7-9,12H,2-6H2,1H3/t;7-,9+/m.0/s1. The molecule has 3 amide bonds. The molecule has 1 saturated carbocycles. The van der Waals surface area contributed by atoms with Crippen molar-refractivity contribution in [2.24, 2.45) is 11.8 Å². The number of likely N-dealkylation sites (tertiary alicyclic amines) is 1. The second kappa shape index (κ2) is 12.2. The minimum absolute atomic E-state index is 0.0503. The summed E-state index contributed by atoms with van der Waals surface area (Å²) in [5.74, 6) is 0.707. The Morgan fingerprint density at radius 3 is 2.42 bits per heavy atom. The van der Waals surface area contributed by atoms with Crippen LogP contribution in [0.5, 0.6) is 0 Å². The number of nitrogens with one attached hydrogen (secondary N) is 2. The van der Waals surface area contributed by atoms with Crippen molar-refractivity contribution >= 4 is 30.0 Å². The van der Waals surface area contributed by atoms with Gasteiger partial charge in [-0.3, -0.25) is 9.59 Å². The molecule has 8 nitrogen and oxygen atoms in total. The Balaban J connectivity index is 0.000000254. The zero-order valence-electron chi connectivity index (χ0n) is 19.9. The van der Waals surface area contributed by atoms with Crippen LogP contribution >= 0.6 is 11.6 Å². The lowest BCUT2D eigenvalue weighted by atomic mass is 9.97. The fraction of sp³-hybridized carbons (Fsp3) is 0.625. The first kappa shape index (κ1) is 26.9. The lowest BCUT2D eigenvalue weighted by molar-refractivity contribution is -0.146. The van der Waals surface area contributed by atoms with Gasteiger partial charge in [0.25, 0.3) is 5.91 Å². The Kier molecular flexibility index (Phi) is 9.98. The molecule has 1 saturated heterocycles. The van der Waals surface area contributed by atoms with E-state index in [9.17, 15) is 19.5 Å². The first-order valence-corrected chi connectivity index (χ1v) is 11.8. The molecule has 1 aliphatic heterocycles. The molecular weight excluding hydrogens is 446 g/mol.